The number of sulfonamides is 1. The van der Waals surface area contributed by atoms with E-state index in [-0.39, 0.29) is 28.7 Å². The van der Waals surface area contributed by atoms with Crippen molar-refractivity contribution in [3.63, 3.8) is 0 Å². The molecule has 0 atom stereocenters. The first kappa shape index (κ1) is 22.2. The van der Waals surface area contributed by atoms with E-state index in [2.05, 4.69) is 10.6 Å². The lowest BCUT2D eigenvalue weighted by Crippen LogP contribution is -2.35. The third-order valence-electron chi connectivity index (χ3n) is 5.70. The summed E-state index contributed by atoms with van der Waals surface area (Å²) in [6.45, 7) is 1.15. The van der Waals surface area contributed by atoms with Crippen LogP contribution in [0.25, 0.3) is 0 Å². The van der Waals surface area contributed by atoms with Crippen LogP contribution in [0.15, 0.2) is 47.4 Å². The summed E-state index contributed by atoms with van der Waals surface area (Å²) < 4.78 is 27.3. The minimum Gasteiger partial charge on any atom is -0.377 e. The molecule has 2 aliphatic rings. The maximum atomic E-state index is 12.9. The normalized spacial score (nSPS) is 17.0. The molecule has 0 bridgehead atoms. The zero-order valence-electron chi connectivity index (χ0n) is 17.6. The molecule has 9 nitrogen and oxygen atoms in total. The van der Waals surface area contributed by atoms with E-state index in [4.69, 9.17) is 0 Å². The van der Waals surface area contributed by atoms with Gasteiger partial charge in [-0.25, -0.2) is 8.42 Å². The smallest absolute Gasteiger partial charge is 0.293 e. The van der Waals surface area contributed by atoms with Crippen molar-refractivity contribution in [3.05, 3.63) is 63.7 Å². The second-order valence-corrected chi connectivity index (χ2v) is 10.1. The van der Waals surface area contributed by atoms with Crippen molar-refractivity contribution >= 4 is 27.3 Å². The van der Waals surface area contributed by atoms with Gasteiger partial charge in [-0.2, -0.15) is 4.31 Å². The summed E-state index contributed by atoms with van der Waals surface area (Å²) in [7, 11) is -3.56. The lowest BCUT2D eigenvalue weighted by Gasteiger charge is -2.26. The standard InChI is InChI=1S/C22H26N4O5S/c27-22(17-7-10-20(24-18-8-9-18)21(14-17)26(28)29)23-15-16-5-4-6-19(13-16)32(30,31)25-11-2-1-3-12-25/h4-7,10,13-14,18,24H,1-3,8-9,11-12,15H2,(H,23,27). The average molecular weight is 459 g/mol. The number of anilines is 1. The molecule has 2 N–H and O–H groups in total. The SMILES string of the molecule is O=C(NCc1cccc(S(=O)(=O)N2CCCCC2)c1)c1ccc(NC2CC2)c([N+](=O)[O-])c1. The van der Waals surface area contributed by atoms with E-state index in [0.717, 1.165) is 32.1 Å². The van der Waals surface area contributed by atoms with Crippen LogP contribution in [0.1, 0.15) is 48.0 Å². The summed E-state index contributed by atoms with van der Waals surface area (Å²) in [5, 5.41) is 17.2. The molecule has 2 aromatic rings. The number of rotatable bonds is 8. The molecule has 1 amide bonds. The van der Waals surface area contributed by atoms with Crippen LogP contribution in [0.5, 0.6) is 0 Å². The Balaban J connectivity index is 1.44. The van der Waals surface area contributed by atoms with Gasteiger partial charge in [0.2, 0.25) is 10.0 Å². The molecule has 10 heteroatoms. The van der Waals surface area contributed by atoms with Gasteiger partial charge in [0.05, 0.1) is 9.82 Å². The maximum Gasteiger partial charge on any atom is 0.293 e. The molecule has 1 aliphatic carbocycles. The fourth-order valence-corrected chi connectivity index (χ4v) is 5.34. The van der Waals surface area contributed by atoms with Crippen molar-refractivity contribution in [1.29, 1.82) is 0 Å². The molecule has 1 saturated heterocycles. The van der Waals surface area contributed by atoms with E-state index in [1.54, 1.807) is 36.4 Å². The number of benzene rings is 2. The van der Waals surface area contributed by atoms with Gasteiger partial charge in [0, 0.05) is 37.3 Å². The van der Waals surface area contributed by atoms with Crippen LogP contribution in [-0.4, -0.2) is 42.7 Å². The average Bonchev–Trinajstić information content (AvgIpc) is 3.62. The van der Waals surface area contributed by atoms with Crippen LogP contribution >= 0.6 is 0 Å². The van der Waals surface area contributed by atoms with Crippen molar-refractivity contribution in [2.24, 2.45) is 0 Å². The van der Waals surface area contributed by atoms with E-state index in [0.29, 0.717) is 24.3 Å². The van der Waals surface area contributed by atoms with E-state index in [9.17, 15) is 23.3 Å². The van der Waals surface area contributed by atoms with Gasteiger partial charge in [0.25, 0.3) is 11.6 Å². The van der Waals surface area contributed by atoms with Crippen LogP contribution in [0, 0.1) is 10.1 Å². The van der Waals surface area contributed by atoms with Gasteiger partial charge in [0.1, 0.15) is 5.69 Å². The largest absolute Gasteiger partial charge is 0.377 e. The number of nitro groups is 1. The summed E-state index contributed by atoms with van der Waals surface area (Å²) in [5.74, 6) is -0.463. The Hall–Kier alpha value is -2.98. The number of piperidine rings is 1. The van der Waals surface area contributed by atoms with E-state index >= 15 is 0 Å². The number of nitrogens with one attached hydrogen (secondary N) is 2. The summed E-state index contributed by atoms with van der Waals surface area (Å²) in [6, 6.07) is 11.1. The van der Waals surface area contributed by atoms with Gasteiger partial charge in [-0.15, -0.1) is 0 Å². The summed E-state index contributed by atoms with van der Waals surface area (Å²) in [6.07, 6.45) is 4.71. The maximum absolute atomic E-state index is 12.9. The third kappa shape index (κ3) is 5.08. The summed E-state index contributed by atoms with van der Waals surface area (Å²) in [4.78, 5) is 23.7. The Labute approximate surface area is 187 Å². The van der Waals surface area contributed by atoms with Gasteiger partial charge in [-0.3, -0.25) is 14.9 Å². The lowest BCUT2D eigenvalue weighted by atomic mass is 10.1. The second kappa shape index (κ2) is 9.25. The first-order chi connectivity index (χ1) is 15.3. The molecule has 2 fully saturated rings. The van der Waals surface area contributed by atoms with Crippen molar-refractivity contribution in [2.75, 3.05) is 18.4 Å². The van der Waals surface area contributed by atoms with Crippen LogP contribution < -0.4 is 10.6 Å². The highest BCUT2D eigenvalue weighted by molar-refractivity contribution is 7.89. The minimum atomic E-state index is -3.56. The zero-order chi connectivity index (χ0) is 22.7. The van der Waals surface area contributed by atoms with Gasteiger partial charge >= 0.3 is 0 Å². The number of nitro benzene ring substituents is 1. The predicted molar refractivity (Wildman–Crippen MR) is 120 cm³/mol. The Morgan fingerprint density at radius 2 is 1.84 bits per heavy atom. The molecular weight excluding hydrogens is 432 g/mol. The van der Waals surface area contributed by atoms with E-state index in [1.807, 2.05) is 0 Å². The molecule has 4 rings (SSSR count). The topological polar surface area (TPSA) is 122 Å². The number of nitrogens with zero attached hydrogens (tertiary/aromatic N) is 2. The van der Waals surface area contributed by atoms with Crippen LogP contribution in [0.4, 0.5) is 11.4 Å². The van der Waals surface area contributed by atoms with Crippen LogP contribution in [0.2, 0.25) is 0 Å². The quantitative estimate of drug-likeness (QED) is 0.462. The Morgan fingerprint density at radius 1 is 1.09 bits per heavy atom. The van der Waals surface area contributed by atoms with Gasteiger partial charge in [0.15, 0.2) is 0 Å². The van der Waals surface area contributed by atoms with Crippen LogP contribution in [-0.2, 0) is 16.6 Å². The molecular formula is C22H26N4O5S. The monoisotopic (exact) mass is 458 g/mol. The number of hydrogen-bond acceptors (Lipinski definition) is 6. The lowest BCUT2D eigenvalue weighted by molar-refractivity contribution is -0.384. The number of carbonyl (C=O) groups excluding carboxylic acids is 1. The van der Waals surface area contributed by atoms with Crippen molar-refractivity contribution in [3.8, 4) is 0 Å². The molecule has 0 aromatic heterocycles. The van der Waals surface area contributed by atoms with Gasteiger partial charge < -0.3 is 10.6 Å². The number of carbonyl (C=O) groups is 1. The first-order valence-corrected chi connectivity index (χ1v) is 12.2. The molecule has 0 radical (unpaired) electrons. The first-order valence-electron chi connectivity index (χ1n) is 10.8. The molecule has 2 aromatic carbocycles. The minimum absolute atomic E-state index is 0.109. The third-order valence-corrected chi connectivity index (χ3v) is 7.59. The highest BCUT2D eigenvalue weighted by Crippen LogP contribution is 2.31. The Kier molecular flexibility index (Phi) is 6.43. The van der Waals surface area contributed by atoms with Crippen molar-refractivity contribution < 1.29 is 18.1 Å². The highest BCUT2D eigenvalue weighted by Gasteiger charge is 2.27. The van der Waals surface area contributed by atoms with Crippen molar-refractivity contribution in [2.45, 2.75) is 49.6 Å². The van der Waals surface area contributed by atoms with Crippen LogP contribution in [0.3, 0.4) is 0 Å². The van der Waals surface area contributed by atoms with Crippen molar-refractivity contribution in [1.82, 2.24) is 9.62 Å². The molecule has 170 valence electrons. The van der Waals surface area contributed by atoms with E-state index in [1.165, 1.54) is 10.4 Å². The molecule has 0 spiro atoms. The van der Waals surface area contributed by atoms with Gasteiger partial charge in [-0.05, 0) is 55.5 Å². The van der Waals surface area contributed by atoms with E-state index < -0.39 is 20.9 Å². The Bertz CT molecular complexity index is 1120. The fraction of sp³-hybridized carbons (Fsp3) is 0.409. The Morgan fingerprint density at radius 3 is 2.53 bits per heavy atom. The number of amides is 1. The highest BCUT2D eigenvalue weighted by atomic mass is 32.2. The second-order valence-electron chi connectivity index (χ2n) is 8.20. The molecule has 32 heavy (non-hydrogen) atoms. The fourth-order valence-electron chi connectivity index (χ4n) is 3.75. The zero-order valence-corrected chi connectivity index (χ0v) is 18.4. The predicted octanol–water partition coefficient (Wildman–Crippen LogP) is 3.27. The molecule has 1 aliphatic heterocycles. The molecule has 1 heterocycles. The molecule has 1 saturated carbocycles. The molecule has 0 unspecified atom stereocenters. The van der Waals surface area contributed by atoms with Gasteiger partial charge in [-0.1, -0.05) is 18.6 Å². The number of hydrogen-bond donors (Lipinski definition) is 2. The summed E-state index contributed by atoms with van der Waals surface area (Å²) >= 11 is 0. The summed E-state index contributed by atoms with van der Waals surface area (Å²) in [5.41, 5.74) is 1.08.